The van der Waals surface area contributed by atoms with E-state index >= 15 is 0 Å². The van der Waals surface area contributed by atoms with Crippen LogP contribution in [0.2, 0.25) is 0 Å². The van der Waals surface area contributed by atoms with E-state index in [4.69, 9.17) is 0 Å². The first-order valence-corrected chi connectivity index (χ1v) is 4.99. The van der Waals surface area contributed by atoms with E-state index in [0.29, 0.717) is 12.8 Å². The quantitative estimate of drug-likeness (QED) is 0.670. The Morgan fingerprint density at radius 2 is 1.79 bits per heavy atom. The van der Waals surface area contributed by atoms with Crippen molar-refractivity contribution < 1.29 is 9.59 Å². The fraction of sp³-hybridized carbons (Fsp3) is 0.800. The molecule has 0 aromatic rings. The Hall–Kier alpha value is -0.900. The molecule has 1 fully saturated rings. The van der Waals surface area contributed by atoms with Gasteiger partial charge >= 0.3 is 0 Å². The Morgan fingerprint density at radius 1 is 1.29 bits per heavy atom. The maximum atomic E-state index is 11.5. The minimum absolute atomic E-state index is 0.0314. The largest absolute Gasteiger partial charge is 0.320 e. The van der Waals surface area contributed by atoms with Crippen LogP contribution in [0.3, 0.4) is 0 Å². The van der Waals surface area contributed by atoms with Crippen molar-refractivity contribution in [2.45, 2.75) is 38.6 Å². The molecule has 0 spiro atoms. The van der Waals surface area contributed by atoms with E-state index in [9.17, 15) is 9.59 Å². The smallest absolute Gasteiger partial charge is 0.230 e. The number of hydrogen-bond acceptors (Lipinski definition) is 3. The van der Waals surface area contributed by atoms with E-state index in [1.807, 2.05) is 20.9 Å². The lowest BCUT2D eigenvalue weighted by molar-refractivity contribution is -0.144. The topological polar surface area (TPSA) is 49.4 Å². The van der Waals surface area contributed by atoms with Crippen LogP contribution in [0.25, 0.3) is 0 Å². The van der Waals surface area contributed by atoms with Gasteiger partial charge in [-0.15, -0.1) is 0 Å². The van der Waals surface area contributed by atoms with Crippen molar-refractivity contribution in [2.24, 2.45) is 0 Å². The third-order valence-corrected chi connectivity index (χ3v) is 2.64. The summed E-state index contributed by atoms with van der Waals surface area (Å²) in [7, 11) is 1.86. The lowest BCUT2D eigenvalue weighted by Crippen LogP contribution is -2.48. The molecule has 0 aromatic heterocycles. The Kier molecular flexibility index (Phi) is 3.26. The molecule has 1 aliphatic rings. The number of nitrogens with zero attached hydrogens (tertiary/aromatic N) is 1. The molecule has 0 aromatic carbocycles. The van der Waals surface area contributed by atoms with Crippen LogP contribution in [-0.4, -0.2) is 35.8 Å². The molecule has 1 saturated heterocycles. The summed E-state index contributed by atoms with van der Waals surface area (Å²) in [5, 5.41) is 3.03. The Morgan fingerprint density at radius 3 is 2.21 bits per heavy atom. The average Bonchev–Trinajstić information content (AvgIpc) is 2.43. The molecule has 0 radical (unpaired) electrons. The van der Waals surface area contributed by atoms with Crippen molar-refractivity contribution in [3.8, 4) is 0 Å². The lowest BCUT2D eigenvalue weighted by Gasteiger charge is -2.33. The van der Waals surface area contributed by atoms with Crippen molar-refractivity contribution in [3.05, 3.63) is 0 Å². The van der Waals surface area contributed by atoms with Crippen molar-refractivity contribution in [1.29, 1.82) is 0 Å². The van der Waals surface area contributed by atoms with Crippen LogP contribution < -0.4 is 5.32 Å². The van der Waals surface area contributed by atoms with Gasteiger partial charge in [-0.05, 0) is 33.9 Å². The van der Waals surface area contributed by atoms with Gasteiger partial charge in [-0.2, -0.15) is 0 Å². The molecule has 1 heterocycles. The number of nitrogens with one attached hydrogen (secondary N) is 1. The second-order valence-electron chi connectivity index (χ2n) is 4.29. The van der Waals surface area contributed by atoms with E-state index in [1.54, 1.807) is 0 Å². The zero-order valence-corrected chi connectivity index (χ0v) is 9.09. The Balaban J connectivity index is 2.69. The molecule has 1 N–H and O–H groups in total. The first kappa shape index (κ1) is 11.2. The second-order valence-corrected chi connectivity index (χ2v) is 4.29. The minimum Gasteiger partial charge on any atom is -0.320 e. The Labute approximate surface area is 84.7 Å². The molecule has 80 valence electrons. The molecule has 1 rings (SSSR count). The van der Waals surface area contributed by atoms with Gasteiger partial charge in [0, 0.05) is 18.4 Å². The first-order valence-electron chi connectivity index (χ1n) is 4.99. The molecule has 0 unspecified atom stereocenters. The standard InChI is InChI=1S/C10H18N2O2/c1-10(2,6-7-11-3)12-8(13)4-5-9(12)14/h11H,4-7H2,1-3H3. The molecular weight excluding hydrogens is 180 g/mol. The van der Waals surface area contributed by atoms with Gasteiger partial charge in [0.15, 0.2) is 0 Å². The van der Waals surface area contributed by atoms with Gasteiger partial charge in [-0.25, -0.2) is 0 Å². The van der Waals surface area contributed by atoms with E-state index in [-0.39, 0.29) is 17.4 Å². The predicted molar refractivity (Wildman–Crippen MR) is 53.7 cm³/mol. The normalized spacial score (nSPS) is 18.1. The van der Waals surface area contributed by atoms with Gasteiger partial charge in [0.2, 0.25) is 11.8 Å². The highest BCUT2D eigenvalue weighted by Gasteiger charge is 2.39. The molecule has 0 saturated carbocycles. The fourth-order valence-electron chi connectivity index (χ4n) is 1.79. The molecule has 0 aliphatic carbocycles. The van der Waals surface area contributed by atoms with Crippen molar-refractivity contribution in [1.82, 2.24) is 10.2 Å². The summed E-state index contributed by atoms with van der Waals surface area (Å²) < 4.78 is 0. The molecular formula is C10H18N2O2. The highest BCUT2D eigenvalue weighted by atomic mass is 16.2. The zero-order chi connectivity index (χ0) is 10.8. The number of amides is 2. The summed E-state index contributed by atoms with van der Waals surface area (Å²) in [6.45, 7) is 4.68. The third-order valence-electron chi connectivity index (χ3n) is 2.64. The van der Waals surface area contributed by atoms with Gasteiger partial charge in [0.25, 0.3) is 0 Å². The first-order chi connectivity index (χ1) is 6.49. The second kappa shape index (κ2) is 4.09. The maximum Gasteiger partial charge on any atom is 0.230 e. The molecule has 4 nitrogen and oxygen atoms in total. The fourth-order valence-corrected chi connectivity index (χ4v) is 1.79. The molecule has 14 heavy (non-hydrogen) atoms. The molecule has 1 aliphatic heterocycles. The number of imide groups is 1. The molecule has 0 bridgehead atoms. The van der Waals surface area contributed by atoms with Crippen molar-refractivity contribution >= 4 is 11.8 Å². The highest BCUT2D eigenvalue weighted by molar-refractivity contribution is 6.02. The number of likely N-dealkylation sites (tertiary alicyclic amines) is 1. The number of rotatable bonds is 4. The van der Waals surface area contributed by atoms with Gasteiger partial charge < -0.3 is 5.32 Å². The van der Waals surface area contributed by atoms with E-state index in [0.717, 1.165) is 13.0 Å². The summed E-state index contributed by atoms with van der Waals surface area (Å²) in [6, 6.07) is 0. The van der Waals surface area contributed by atoms with E-state index in [2.05, 4.69) is 5.32 Å². The van der Waals surface area contributed by atoms with Crippen LogP contribution in [0.1, 0.15) is 33.1 Å². The number of hydrogen-bond donors (Lipinski definition) is 1. The SMILES string of the molecule is CNCCC(C)(C)N1C(=O)CCC1=O. The predicted octanol–water partition coefficient (Wildman–Crippen LogP) is 0.523. The van der Waals surface area contributed by atoms with Gasteiger partial charge in [-0.3, -0.25) is 14.5 Å². The monoisotopic (exact) mass is 198 g/mol. The summed E-state index contributed by atoms with van der Waals surface area (Å²) in [6.07, 6.45) is 1.55. The minimum atomic E-state index is -0.353. The van der Waals surface area contributed by atoms with Crippen LogP contribution >= 0.6 is 0 Å². The van der Waals surface area contributed by atoms with Crippen molar-refractivity contribution in [3.63, 3.8) is 0 Å². The molecule has 4 heteroatoms. The van der Waals surface area contributed by atoms with E-state index < -0.39 is 0 Å². The van der Waals surface area contributed by atoms with Gasteiger partial charge in [-0.1, -0.05) is 0 Å². The number of carbonyl (C=O) groups excluding carboxylic acids is 2. The number of carbonyl (C=O) groups is 2. The van der Waals surface area contributed by atoms with Crippen LogP contribution in [0.4, 0.5) is 0 Å². The van der Waals surface area contributed by atoms with Crippen LogP contribution in [0.15, 0.2) is 0 Å². The van der Waals surface area contributed by atoms with Gasteiger partial charge in [0.05, 0.1) is 0 Å². The van der Waals surface area contributed by atoms with Crippen LogP contribution in [-0.2, 0) is 9.59 Å². The maximum absolute atomic E-state index is 11.5. The van der Waals surface area contributed by atoms with Crippen molar-refractivity contribution in [2.75, 3.05) is 13.6 Å². The highest BCUT2D eigenvalue weighted by Crippen LogP contribution is 2.25. The summed E-state index contributed by atoms with van der Waals surface area (Å²) in [5.74, 6) is -0.0628. The van der Waals surface area contributed by atoms with Crippen LogP contribution in [0.5, 0.6) is 0 Å². The summed E-state index contributed by atoms with van der Waals surface area (Å²) in [4.78, 5) is 24.4. The molecule has 2 amide bonds. The Bertz CT molecular complexity index is 233. The third kappa shape index (κ3) is 2.12. The summed E-state index contributed by atoms with van der Waals surface area (Å²) in [5.41, 5.74) is -0.353. The molecule has 0 atom stereocenters. The summed E-state index contributed by atoms with van der Waals surface area (Å²) >= 11 is 0. The van der Waals surface area contributed by atoms with Crippen LogP contribution in [0, 0.1) is 0 Å². The lowest BCUT2D eigenvalue weighted by atomic mass is 9.98. The van der Waals surface area contributed by atoms with E-state index in [1.165, 1.54) is 4.90 Å². The zero-order valence-electron chi connectivity index (χ0n) is 9.09. The van der Waals surface area contributed by atoms with Gasteiger partial charge in [0.1, 0.15) is 0 Å². The average molecular weight is 198 g/mol.